The van der Waals surface area contributed by atoms with E-state index in [1.165, 1.54) is 4.90 Å². The standard InChI is InChI=1S/C22H36N2O6/c1-5-8-11-23-19(26)18-22-10-9-15(30-22)16(21(28)29-7-3)17(22)20(27)24(18)14(12-25)13(4)6-2/h13-18,25H,5-12H2,1-4H3,(H,23,26)/t13-,14-,15+,16-,17-,18+,22-/m0/s1. The van der Waals surface area contributed by atoms with Gasteiger partial charge in [-0.25, -0.2) is 0 Å². The number of fused-ring (bicyclic) bond motifs is 1. The number of carbonyl (C=O) groups excluding carboxylic acids is 3. The van der Waals surface area contributed by atoms with Gasteiger partial charge in [-0.2, -0.15) is 0 Å². The zero-order valence-electron chi connectivity index (χ0n) is 18.6. The number of ether oxygens (including phenoxy) is 2. The first kappa shape index (κ1) is 23.0. The highest BCUT2D eigenvalue weighted by atomic mass is 16.6. The van der Waals surface area contributed by atoms with Gasteiger partial charge in [0.2, 0.25) is 11.8 Å². The average Bonchev–Trinajstić information content (AvgIpc) is 3.36. The quantitative estimate of drug-likeness (QED) is 0.404. The Hall–Kier alpha value is -1.67. The van der Waals surface area contributed by atoms with E-state index in [9.17, 15) is 19.5 Å². The summed E-state index contributed by atoms with van der Waals surface area (Å²) in [5.74, 6) is -2.40. The van der Waals surface area contributed by atoms with E-state index in [2.05, 4.69) is 5.32 Å². The number of unbranched alkanes of at least 4 members (excludes halogenated alkanes) is 1. The van der Waals surface area contributed by atoms with Gasteiger partial charge < -0.3 is 24.8 Å². The van der Waals surface area contributed by atoms with E-state index < -0.39 is 41.6 Å². The summed E-state index contributed by atoms with van der Waals surface area (Å²) < 4.78 is 11.6. The Balaban J connectivity index is 2.01. The van der Waals surface area contributed by atoms with Crippen molar-refractivity contribution in [1.82, 2.24) is 10.2 Å². The molecule has 3 saturated heterocycles. The van der Waals surface area contributed by atoms with Crippen LogP contribution >= 0.6 is 0 Å². The van der Waals surface area contributed by atoms with Crippen molar-refractivity contribution in [2.75, 3.05) is 19.8 Å². The van der Waals surface area contributed by atoms with Crippen LogP contribution in [0.5, 0.6) is 0 Å². The lowest BCUT2D eigenvalue weighted by Crippen LogP contribution is -2.59. The van der Waals surface area contributed by atoms with E-state index in [4.69, 9.17) is 9.47 Å². The number of hydrogen-bond acceptors (Lipinski definition) is 6. The minimum atomic E-state index is -1.03. The third-order valence-corrected chi connectivity index (χ3v) is 7.22. The zero-order valence-corrected chi connectivity index (χ0v) is 18.6. The molecule has 30 heavy (non-hydrogen) atoms. The summed E-state index contributed by atoms with van der Waals surface area (Å²) in [4.78, 5) is 41.3. The number of esters is 1. The Morgan fingerprint density at radius 3 is 2.70 bits per heavy atom. The number of carbonyl (C=O) groups is 3. The van der Waals surface area contributed by atoms with Crippen LogP contribution < -0.4 is 5.32 Å². The van der Waals surface area contributed by atoms with Crippen molar-refractivity contribution in [1.29, 1.82) is 0 Å². The lowest BCUT2D eigenvalue weighted by molar-refractivity contribution is -0.155. The lowest BCUT2D eigenvalue weighted by atomic mass is 9.70. The van der Waals surface area contributed by atoms with Crippen molar-refractivity contribution in [2.24, 2.45) is 17.8 Å². The molecule has 0 saturated carbocycles. The molecule has 0 unspecified atom stereocenters. The lowest BCUT2D eigenvalue weighted by Gasteiger charge is -2.38. The second-order valence-electron chi connectivity index (χ2n) is 8.83. The molecule has 3 rings (SSSR count). The van der Waals surface area contributed by atoms with Crippen LogP contribution in [0, 0.1) is 17.8 Å². The normalized spacial score (nSPS) is 34.0. The number of amides is 2. The largest absolute Gasteiger partial charge is 0.466 e. The van der Waals surface area contributed by atoms with E-state index in [1.54, 1.807) is 6.92 Å². The maximum absolute atomic E-state index is 13.7. The highest BCUT2D eigenvalue weighted by Crippen LogP contribution is 2.59. The highest BCUT2D eigenvalue weighted by Gasteiger charge is 2.75. The molecule has 8 heteroatoms. The smallest absolute Gasteiger partial charge is 0.312 e. The number of likely N-dealkylation sites (tertiary alicyclic amines) is 1. The Morgan fingerprint density at radius 1 is 1.37 bits per heavy atom. The molecule has 170 valence electrons. The number of aliphatic hydroxyl groups excluding tert-OH is 1. The topological polar surface area (TPSA) is 105 Å². The van der Waals surface area contributed by atoms with E-state index in [0.29, 0.717) is 19.4 Å². The van der Waals surface area contributed by atoms with Gasteiger partial charge in [-0.05, 0) is 32.1 Å². The van der Waals surface area contributed by atoms with Crippen molar-refractivity contribution in [2.45, 2.75) is 83.6 Å². The van der Waals surface area contributed by atoms with E-state index in [1.807, 2.05) is 20.8 Å². The number of nitrogens with one attached hydrogen (secondary N) is 1. The molecular weight excluding hydrogens is 388 g/mol. The molecule has 2 amide bonds. The highest BCUT2D eigenvalue weighted by molar-refractivity contribution is 5.98. The van der Waals surface area contributed by atoms with Crippen LogP contribution in [-0.4, -0.2) is 71.3 Å². The molecule has 3 aliphatic rings. The Morgan fingerprint density at radius 2 is 2.10 bits per heavy atom. The van der Waals surface area contributed by atoms with Crippen LogP contribution in [0.3, 0.4) is 0 Å². The molecule has 2 bridgehead atoms. The van der Waals surface area contributed by atoms with Crippen LogP contribution in [0.25, 0.3) is 0 Å². The molecule has 0 aromatic heterocycles. The molecule has 0 aromatic rings. The summed E-state index contributed by atoms with van der Waals surface area (Å²) in [7, 11) is 0. The predicted molar refractivity (Wildman–Crippen MR) is 109 cm³/mol. The van der Waals surface area contributed by atoms with Gasteiger partial charge in [0.25, 0.3) is 0 Å². The summed E-state index contributed by atoms with van der Waals surface area (Å²) in [6.07, 6.45) is 3.30. The van der Waals surface area contributed by atoms with Crippen molar-refractivity contribution in [3.05, 3.63) is 0 Å². The van der Waals surface area contributed by atoms with Gasteiger partial charge in [0.1, 0.15) is 11.6 Å². The van der Waals surface area contributed by atoms with Crippen molar-refractivity contribution in [3.8, 4) is 0 Å². The van der Waals surface area contributed by atoms with Crippen LogP contribution in [0.4, 0.5) is 0 Å². The van der Waals surface area contributed by atoms with Gasteiger partial charge in [-0.15, -0.1) is 0 Å². The molecule has 3 heterocycles. The fourth-order valence-electron chi connectivity index (χ4n) is 5.55. The number of nitrogens with zero attached hydrogens (tertiary/aromatic N) is 1. The van der Waals surface area contributed by atoms with Crippen LogP contribution in [0.15, 0.2) is 0 Å². The average molecular weight is 425 g/mol. The molecule has 7 atom stereocenters. The van der Waals surface area contributed by atoms with E-state index in [-0.39, 0.29) is 30.9 Å². The third-order valence-electron chi connectivity index (χ3n) is 7.22. The maximum Gasteiger partial charge on any atom is 0.312 e. The van der Waals surface area contributed by atoms with Crippen molar-refractivity contribution < 1.29 is 29.0 Å². The monoisotopic (exact) mass is 424 g/mol. The minimum absolute atomic E-state index is 0.00152. The Bertz CT molecular complexity index is 670. The number of aliphatic hydroxyl groups is 1. The van der Waals surface area contributed by atoms with E-state index in [0.717, 1.165) is 19.3 Å². The zero-order chi connectivity index (χ0) is 22.1. The van der Waals surface area contributed by atoms with Gasteiger partial charge in [0.05, 0.1) is 37.2 Å². The van der Waals surface area contributed by atoms with E-state index >= 15 is 0 Å². The molecule has 0 aromatic carbocycles. The fourth-order valence-corrected chi connectivity index (χ4v) is 5.55. The predicted octanol–water partition coefficient (Wildman–Crippen LogP) is 1.25. The van der Waals surface area contributed by atoms with Crippen molar-refractivity contribution in [3.63, 3.8) is 0 Å². The SMILES string of the molecule is CCCCNC(=O)[C@H]1N([C@@H](CO)[C@@H](C)CC)C(=O)[C@@H]2[C@@H](C(=O)OCC)[C@H]3CC[C@]21O3. The summed E-state index contributed by atoms with van der Waals surface area (Å²) in [6, 6.07) is -1.35. The summed E-state index contributed by atoms with van der Waals surface area (Å²) in [5.41, 5.74) is -1.03. The molecule has 3 fully saturated rings. The molecule has 2 N–H and O–H groups in total. The van der Waals surface area contributed by atoms with Gasteiger partial charge in [-0.3, -0.25) is 14.4 Å². The van der Waals surface area contributed by atoms with Gasteiger partial charge in [0.15, 0.2) is 0 Å². The first-order chi connectivity index (χ1) is 14.4. The summed E-state index contributed by atoms with van der Waals surface area (Å²) in [5, 5.41) is 13.1. The van der Waals surface area contributed by atoms with Crippen LogP contribution in [-0.2, 0) is 23.9 Å². The molecular formula is C22H36N2O6. The number of rotatable bonds is 10. The van der Waals surface area contributed by atoms with Crippen molar-refractivity contribution >= 4 is 17.8 Å². The van der Waals surface area contributed by atoms with Gasteiger partial charge in [-0.1, -0.05) is 33.6 Å². The van der Waals surface area contributed by atoms with Crippen LogP contribution in [0.1, 0.15) is 59.8 Å². The second-order valence-corrected chi connectivity index (χ2v) is 8.83. The molecule has 3 aliphatic heterocycles. The summed E-state index contributed by atoms with van der Waals surface area (Å²) in [6.45, 7) is 8.25. The van der Waals surface area contributed by atoms with Crippen LogP contribution in [0.2, 0.25) is 0 Å². The maximum atomic E-state index is 13.7. The third kappa shape index (κ3) is 3.51. The molecule has 0 radical (unpaired) electrons. The molecule has 1 spiro atoms. The first-order valence-corrected chi connectivity index (χ1v) is 11.4. The Labute approximate surface area is 178 Å². The number of hydrogen-bond donors (Lipinski definition) is 2. The second kappa shape index (κ2) is 9.22. The summed E-state index contributed by atoms with van der Waals surface area (Å²) >= 11 is 0. The molecule has 0 aliphatic carbocycles. The minimum Gasteiger partial charge on any atom is -0.466 e. The first-order valence-electron chi connectivity index (χ1n) is 11.4. The molecule has 8 nitrogen and oxygen atoms in total. The Kier molecular flexibility index (Phi) is 7.07. The fraction of sp³-hybridized carbons (Fsp3) is 0.864. The van der Waals surface area contributed by atoms with Gasteiger partial charge in [0, 0.05) is 6.54 Å². The van der Waals surface area contributed by atoms with Gasteiger partial charge >= 0.3 is 5.97 Å².